The number of hydrogen-bond acceptors (Lipinski definition) is 4. The summed E-state index contributed by atoms with van der Waals surface area (Å²) in [5.74, 6) is 0. The zero-order chi connectivity index (χ0) is 13.0. The molecule has 1 aromatic rings. The molecule has 0 radical (unpaired) electrons. The van der Waals surface area contributed by atoms with Crippen molar-refractivity contribution in [3.05, 3.63) is 30.1 Å². The first-order valence-corrected chi connectivity index (χ1v) is 6.67. The molecule has 100 valence electrons. The lowest BCUT2D eigenvalue weighted by Gasteiger charge is -2.46. The topological polar surface area (TPSA) is 51.4 Å². The Morgan fingerprint density at radius 1 is 1.50 bits per heavy atom. The number of hydrogen-bond donors (Lipinski definition) is 1. The number of nitrogens with two attached hydrogens (primary N) is 1. The highest BCUT2D eigenvalue weighted by molar-refractivity contribution is 5.18. The average molecular weight is 249 g/mol. The van der Waals surface area contributed by atoms with E-state index >= 15 is 0 Å². The van der Waals surface area contributed by atoms with Crippen LogP contribution in [0.1, 0.15) is 31.9 Å². The Kier molecular flexibility index (Phi) is 4.32. The molecule has 2 N–H and O–H groups in total. The molecule has 1 saturated heterocycles. The summed E-state index contributed by atoms with van der Waals surface area (Å²) in [5.41, 5.74) is 7.56. The van der Waals surface area contributed by atoms with Crippen molar-refractivity contribution in [1.82, 2.24) is 9.88 Å². The summed E-state index contributed by atoms with van der Waals surface area (Å²) in [6, 6.07) is 3.99. The molecule has 2 rings (SSSR count). The molecule has 4 heteroatoms. The van der Waals surface area contributed by atoms with Crippen molar-refractivity contribution in [3.8, 4) is 0 Å². The maximum atomic E-state index is 6.49. The number of nitrogens with zero attached hydrogens (tertiary/aromatic N) is 2. The summed E-state index contributed by atoms with van der Waals surface area (Å²) in [4.78, 5) is 6.63. The van der Waals surface area contributed by atoms with Crippen LogP contribution in [0.15, 0.2) is 24.5 Å². The first kappa shape index (κ1) is 13.5. The Hall–Kier alpha value is -0.970. The molecule has 2 unspecified atom stereocenters. The molecule has 0 aliphatic carbocycles. The molecule has 18 heavy (non-hydrogen) atoms. The minimum absolute atomic E-state index is 0.0192. The molecule has 1 aliphatic rings. The second-order valence-electron chi connectivity index (χ2n) is 5.07. The van der Waals surface area contributed by atoms with Crippen molar-refractivity contribution in [1.29, 1.82) is 0 Å². The van der Waals surface area contributed by atoms with Crippen LogP contribution < -0.4 is 5.73 Å². The smallest absolute Gasteiger partial charge is 0.0594 e. The fourth-order valence-corrected chi connectivity index (χ4v) is 2.63. The van der Waals surface area contributed by atoms with Crippen LogP contribution in [0.3, 0.4) is 0 Å². The molecule has 0 spiro atoms. The second-order valence-corrected chi connectivity index (χ2v) is 5.07. The fourth-order valence-electron chi connectivity index (χ4n) is 2.63. The van der Waals surface area contributed by atoms with E-state index in [0.29, 0.717) is 0 Å². The van der Waals surface area contributed by atoms with Crippen molar-refractivity contribution in [2.45, 2.75) is 31.8 Å². The average Bonchev–Trinajstić information content (AvgIpc) is 2.47. The van der Waals surface area contributed by atoms with Gasteiger partial charge < -0.3 is 10.5 Å². The van der Waals surface area contributed by atoms with Gasteiger partial charge in [-0.15, -0.1) is 0 Å². The molecule has 4 nitrogen and oxygen atoms in total. The number of aromatic nitrogens is 1. The van der Waals surface area contributed by atoms with Gasteiger partial charge in [0.25, 0.3) is 0 Å². The molecule has 0 amide bonds. The molecule has 0 saturated carbocycles. The van der Waals surface area contributed by atoms with Gasteiger partial charge in [-0.05, 0) is 25.0 Å². The third-order valence-electron chi connectivity index (χ3n) is 4.16. The molecular weight excluding hydrogens is 226 g/mol. The van der Waals surface area contributed by atoms with Crippen molar-refractivity contribution in [2.24, 2.45) is 5.73 Å². The van der Waals surface area contributed by atoms with Crippen LogP contribution >= 0.6 is 0 Å². The Morgan fingerprint density at radius 3 is 2.78 bits per heavy atom. The van der Waals surface area contributed by atoms with E-state index in [1.165, 1.54) is 0 Å². The van der Waals surface area contributed by atoms with Gasteiger partial charge in [-0.1, -0.05) is 13.0 Å². The van der Waals surface area contributed by atoms with Gasteiger partial charge in [0.2, 0.25) is 0 Å². The Morgan fingerprint density at radius 2 is 2.22 bits per heavy atom. The van der Waals surface area contributed by atoms with Gasteiger partial charge in [0.05, 0.1) is 13.2 Å². The van der Waals surface area contributed by atoms with Gasteiger partial charge in [-0.25, -0.2) is 0 Å². The summed E-state index contributed by atoms with van der Waals surface area (Å²) in [6.45, 7) is 7.96. The number of rotatable bonds is 4. The summed E-state index contributed by atoms with van der Waals surface area (Å²) in [5, 5.41) is 0. The normalized spacial score (nSPS) is 22.4. The van der Waals surface area contributed by atoms with Crippen LogP contribution in [0.4, 0.5) is 0 Å². The van der Waals surface area contributed by atoms with Crippen LogP contribution in [0.5, 0.6) is 0 Å². The molecule has 0 bridgehead atoms. The van der Waals surface area contributed by atoms with E-state index in [-0.39, 0.29) is 11.6 Å². The lowest BCUT2D eigenvalue weighted by Crippen LogP contribution is -2.56. The SMILES string of the molecule is CCC(C)(C(N)c1cccnc1)N1CCOCC1. The predicted octanol–water partition coefficient (Wildman–Crippen LogP) is 1.58. The molecule has 1 aromatic heterocycles. The minimum Gasteiger partial charge on any atom is -0.379 e. The number of ether oxygens (including phenoxy) is 1. The third kappa shape index (κ3) is 2.55. The highest BCUT2D eigenvalue weighted by Crippen LogP contribution is 2.32. The monoisotopic (exact) mass is 249 g/mol. The highest BCUT2D eigenvalue weighted by Gasteiger charge is 2.37. The van der Waals surface area contributed by atoms with Crippen LogP contribution in [-0.2, 0) is 4.74 Å². The van der Waals surface area contributed by atoms with Crippen molar-refractivity contribution in [2.75, 3.05) is 26.3 Å². The van der Waals surface area contributed by atoms with Gasteiger partial charge in [0.1, 0.15) is 0 Å². The Labute approximate surface area is 109 Å². The van der Waals surface area contributed by atoms with Crippen LogP contribution in [0.2, 0.25) is 0 Å². The van der Waals surface area contributed by atoms with E-state index in [1.807, 2.05) is 12.3 Å². The van der Waals surface area contributed by atoms with Crippen molar-refractivity contribution in [3.63, 3.8) is 0 Å². The summed E-state index contributed by atoms with van der Waals surface area (Å²) < 4.78 is 5.43. The molecule has 2 heterocycles. The van der Waals surface area contributed by atoms with E-state index in [0.717, 1.165) is 38.3 Å². The van der Waals surface area contributed by atoms with Gasteiger partial charge in [-0.2, -0.15) is 0 Å². The van der Waals surface area contributed by atoms with E-state index < -0.39 is 0 Å². The van der Waals surface area contributed by atoms with Crippen LogP contribution in [0, 0.1) is 0 Å². The Balaban J connectivity index is 2.20. The maximum Gasteiger partial charge on any atom is 0.0594 e. The zero-order valence-electron chi connectivity index (χ0n) is 11.3. The van der Waals surface area contributed by atoms with E-state index in [2.05, 4.69) is 29.8 Å². The first-order valence-electron chi connectivity index (χ1n) is 6.67. The molecular formula is C14H23N3O. The zero-order valence-corrected chi connectivity index (χ0v) is 11.3. The molecule has 1 aliphatic heterocycles. The molecule has 0 aromatic carbocycles. The van der Waals surface area contributed by atoms with E-state index in [9.17, 15) is 0 Å². The lowest BCUT2D eigenvalue weighted by molar-refractivity contribution is -0.0278. The minimum atomic E-state index is -0.0349. The maximum absolute atomic E-state index is 6.49. The van der Waals surface area contributed by atoms with Crippen molar-refractivity contribution >= 4 is 0 Å². The summed E-state index contributed by atoms with van der Waals surface area (Å²) in [7, 11) is 0. The second kappa shape index (κ2) is 5.78. The van der Waals surface area contributed by atoms with Crippen LogP contribution in [0.25, 0.3) is 0 Å². The largest absolute Gasteiger partial charge is 0.379 e. The first-order chi connectivity index (χ1) is 8.68. The number of morpholine rings is 1. The Bertz CT molecular complexity index is 365. The fraction of sp³-hybridized carbons (Fsp3) is 0.643. The van der Waals surface area contributed by atoms with Crippen molar-refractivity contribution < 1.29 is 4.74 Å². The summed E-state index contributed by atoms with van der Waals surface area (Å²) >= 11 is 0. The molecule has 2 atom stereocenters. The quantitative estimate of drug-likeness (QED) is 0.880. The van der Waals surface area contributed by atoms with Gasteiger partial charge in [-0.3, -0.25) is 9.88 Å². The van der Waals surface area contributed by atoms with Crippen LogP contribution in [-0.4, -0.2) is 41.7 Å². The van der Waals surface area contributed by atoms with Gasteiger partial charge in [0, 0.05) is 37.1 Å². The molecule has 1 fully saturated rings. The van der Waals surface area contributed by atoms with Gasteiger partial charge >= 0.3 is 0 Å². The number of pyridine rings is 1. The summed E-state index contributed by atoms with van der Waals surface area (Å²) in [6.07, 6.45) is 4.68. The lowest BCUT2D eigenvalue weighted by atomic mass is 9.84. The van der Waals surface area contributed by atoms with E-state index in [1.54, 1.807) is 6.20 Å². The predicted molar refractivity (Wildman–Crippen MR) is 72.3 cm³/mol. The third-order valence-corrected chi connectivity index (χ3v) is 4.16. The van der Waals surface area contributed by atoms with E-state index in [4.69, 9.17) is 10.5 Å². The van der Waals surface area contributed by atoms with Gasteiger partial charge in [0.15, 0.2) is 0 Å². The highest BCUT2D eigenvalue weighted by atomic mass is 16.5. The standard InChI is InChI=1S/C14H23N3O/c1-3-14(2,17-7-9-18-10-8-17)13(15)12-5-4-6-16-11-12/h4-6,11,13H,3,7-10,15H2,1-2H3.